The molecule has 1 fully saturated rings. The van der Waals surface area contributed by atoms with Crippen LogP contribution in [0, 0.1) is 11.7 Å². The first-order chi connectivity index (χ1) is 10.4. The lowest BCUT2D eigenvalue weighted by Crippen LogP contribution is -2.33. The van der Waals surface area contributed by atoms with E-state index in [4.69, 9.17) is 5.11 Å². The molecule has 0 bridgehead atoms. The van der Waals surface area contributed by atoms with Gasteiger partial charge in [0.1, 0.15) is 5.82 Å². The lowest BCUT2D eigenvalue weighted by Gasteiger charge is -2.24. The van der Waals surface area contributed by atoms with Gasteiger partial charge in [-0.05, 0) is 38.5 Å². The van der Waals surface area contributed by atoms with E-state index in [9.17, 15) is 9.18 Å². The van der Waals surface area contributed by atoms with Crippen LogP contribution in [0.4, 0.5) is 20.6 Å². The van der Waals surface area contributed by atoms with Crippen molar-refractivity contribution < 1.29 is 14.3 Å². The summed E-state index contributed by atoms with van der Waals surface area (Å²) in [6, 6.07) is 4.65. The molecule has 1 heterocycles. The topological polar surface area (TPSA) is 55.8 Å². The van der Waals surface area contributed by atoms with E-state index in [1.165, 1.54) is 6.07 Å². The number of hydrogen-bond acceptors (Lipinski definition) is 3. The van der Waals surface area contributed by atoms with Gasteiger partial charge in [0.05, 0.1) is 5.69 Å². The molecule has 0 radical (unpaired) electrons. The van der Waals surface area contributed by atoms with Crippen LogP contribution in [0.5, 0.6) is 0 Å². The number of hydrogen-bond donors (Lipinski definition) is 2. The van der Waals surface area contributed by atoms with Gasteiger partial charge in [-0.3, -0.25) is 0 Å². The minimum atomic E-state index is -0.358. The molecule has 0 saturated carbocycles. The number of aliphatic hydroxyl groups excluding tert-OH is 1. The number of carbonyl (C=O) groups is 1. The van der Waals surface area contributed by atoms with Crippen molar-refractivity contribution in [2.45, 2.75) is 26.3 Å². The normalized spacial score (nSPS) is 17.9. The monoisotopic (exact) mass is 309 g/mol. The number of anilines is 2. The smallest absolute Gasteiger partial charge is 0.321 e. The van der Waals surface area contributed by atoms with E-state index in [0.29, 0.717) is 24.5 Å². The number of halogens is 1. The van der Waals surface area contributed by atoms with Crippen LogP contribution in [0.15, 0.2) is 18.2 Å². The molecular weight excluding hydrogens is 285 g/mol. The third-order valence-corrected chi connectivity index (χ3v) is 4.18. The summed E-state index contributed by atoms with van der Waals surface area (Å²) in [4.78, 5) is 15.6. The average molecular weight is 309 g/mol. The van der Waals surface area contributed by atoms with E-state index in [1.54, 1.807) is 17.0 Å². The largest absolute Gasteiger partial charge is 0.396 e. The molecule has 1 aliphatic heterocycles. The molecule has 0 aromatic heterocycles. The Labute approximate surface area is 130 Å². The summed E-state index contributed by atoms with van der Waals surface area (Å²) in [5.74, 6) is -0.215. The van der Waals surface area contributed by atoms with Gasteiger partial charge in [0.25, 0.3) is 0 Å². The van der Waals surface area contributed by atoms with Crippen LogP contribution >= 0.6 is 0 Å². The zero-order valence-corrected chi connectivity index (χ0v) is 13.3. The summed E-state index contributed by atoms with van der Waals surface area (Å²) in [6.45, 7) is 5.22. The maximum atomic E-state index is 14.2. The third kappa shape index (κ3) is 3.68. The van der Waals surface area contributed by atoms with Crippen molar-refractivity contribution in [3.05, 3.63) is 24.0 Å². The Morgan fingerprint density at radius 3 is 2.82 bits per heavy atom. The molecule has 1 aliphatic rings. The minimum absolute atomic E-state index is 0.0919. The maximum absolute atomic E-state index is 14.2. The van der Waals surface area contributed by atoms with Crippen LogP contribution in [-0.2, 0) is 0 Å². The SMILES string of the molecule is CC(C)N(C)c1ccc(NC(=O)N2CCC(CO)C2)cc1F. The Hall–Kier alpha value is -1.82. The van der Waals surface area contributed by atoms with E-state index in [1.807, 2.05) is 25.8 Å². The van der Waals surface area contributed by atoms with Gasteiger partial charge in [-0.15, -0.1) is 0 Å². The van der Waals surface area contributed by atoms with Crippen LogP contribution in [0.2, 0.25) is 0 Å². The fourth-order valence-corrected chi connectivity index (χ4v) is 2.52. The second-order valence-corrected chi connectivity index (χ2v) is 6.08. The molecule has 1 aromatic carbocycles. The van der Waals surface area contributed by atoms with Gasteiger partial charge < -0.3 is 20.2 Å². The highest BCUT2D eigenvalue weighted by atomic mass is 19.1. The fraction of sp³-hybridized carbons (Fsp3) is 0.562. The molecule has 22 heavy (non-hydrogen) atoms. The Kier molecular flexibility index (Phi) is 5.24. The number of urea groups is 1. The zero-order chi connectivity index (χ0) is 16.3. The number of nitrogens with one attached hydrogen (secondary N) is 1. The van der Waals surface area contributed by atoms with Gasteiger partial charge in [0.15, 0.2) is 0 Å². The van der Waals surface area contributed by atoms with Crippen LogP contribution in [0.1, 0.15) is 20.3 Å². The van der Waals surface area contributed by atoms with Crippen molar-refractivity contribution in [1.29, 1.82) is 0 Å². The summed E-state index contributed by atoms with van der Waals surface area (Å²) >= 11 is 0. The van der Waals surface area contributed by atoms with Gasteiger partial charge in [-0.2, -0.15) is 0 Å². The number of aliphatic hydroxyl groups is 1. The molecule has 1 unspecified atom stereocenters. The predicted molar refractivity (Wildman–Crippen MR) is 85.7 cm³/mol. The summed E-state index contributed by atoms with van der Waals surface area (Å²) in [5.41, 5.74) is 0.949. The average Bonchev–Trinajstić information content (AvgIpc) is 2.95. The second-order valence-electron chi connectivity index (χ2n) is 6.08. The lowest BCUT2D eigenvalue weighted by atomic mass is 10.1. The van der Waals surface area contributed by atoms with Crippen molar-refractivity contribution in [2.75, 3.05) is 37.0 Å². The summed E-state index contributed by atoms with van der Waals surface area (Å²) in [7, 11) is 1.83. The third-order valence-electron chi connectivity index (χ3n) is 4.18. The van der Waals surface area contributed by atoms with Crippen LogP contribution in [0.25, 0.3) is 0 Å². The molecule has 0 aliphatic carbocycles. The standard InChI is InChI=1S/C16H24FN3O2/c1-11(2)19(3)15-5-4-13(8-14(15)17)18-16(22)20-7-6-12(9-20)10-21/h4-5,8,11-12,21H,6-7,9-10H2,1-3H3,(H,18,22). The first-order valence-corrected chi connectivity index (χ1v) is 7.61. The molecule has 5 nitrogen and oxygen atoms in total. The Morgan fingerprint density at radius 1 is 1.55 bits per heavy atom. The number of rotatable bonds is 4. The molecule has 1 saturated heterocycles. The highest BCUT2D eigenvalue weighted by Crippen LogP contribution is 2.24. The van der Waals surface area contributed by atoms with Crippen molar-refractivity contribution in [3.8, 4) is 0 Å². The summed E-state index contributed by atoms with van der Waals surface area (Å²) in [6.07, 6.45) is 0.802. The highest BCUT2D eigenvalue weighted by molar-refractivity contribution is 5.89. The van der Waals surface area contributed by atoms with Gasteiger partial charge in [-0.1, -0.05) is 0 Å². The molecule has 6 heteroatoms. The molecular formula is C16H24FN3O2. The second kappa shape index (κ2) is 6.96. The fourth-order valence-electron chi connectivity index (χ4n) is 2.52. The van der Waals surface area contributed by atoms with Gasteiger partial charge in [-0.25, -0.2) is 9.18 Å². The van der Waals surface area contributed by atoms with Crippen LogP contribution in [-0.4, -0.2) is 48.8 Å². The van der Waals surface area contributed by atoms with E-state index < -0.39 is 0 Å². The maximum Gasteiger partial charge on any atom is 0.321 e. The lowest BCUT2D eigenvalue weighted by molar-refractivity contribution is 0.209. The Balaban J connectivity index is 2.02. The zero-order valence-electron chi connectivity index (χ0n) is 13.3. The predicted octanol–water partition coefficient (Wildman–Crippen LogP) is 2.52. The molecule has 122 valence electrons. The van der Waals surface area contributed by atoms with E-state index in [-0.39, 0.29) is 30.4 Å². The van der Waals surface area contributed by atoms with Crippen molar-refractivity contribution >= 4 is 17.4 Å². The highest BCUT2D eigenvalue weighted by Gasteiger charge is 2.25. The van der Waals surface area contributed by atoms with Crippen molar-refractivity contribution in [2.24, 2.45) is 5.92 Å². The van der Waals surface area contributed by atoms with Crippen molar-refractivity contribution in [3.63, 3.8) is 0 Å². The quantitative estimate of drug-likeness (QED) is 0.898. The summed E-state index contributed by atoms with van der Waals surface area (Å²) in [5, 5.41) is 11.8. The molecule has 2 amide bonds. The Morgan fingerprint density at radius 2 is 2.27 bits per heavy atom. The molecule has 2 rings (SSSR count). The van der Waals surface area contributed by atoms with E-state index >= 15 is 0 Å². The van der Waals surface area contributed by atoms with Crippen LogP contribution < -0.4 is 10.2 Å². The number of benzene rings is 1. The Bertz CT molecular complexity index is 536. The van der Waals surface area contributed by atoms with Crippen LogP contribution in [0.3, 0.4) is 0 Å². The van der Waals surface area contributed by atoms with Crippen molar-refractivity contribution in [1.82, 2.24) is 4.90 Å². The number of nitrogens with zero attached hydrogens (tertiary/aromatic N) is 2. The van der Waals surface area contributed by atoms with E-state index in [2.05, 4.69) is 5.32 Å². The number of likely N-dealkylation sites (tertiary alicyclic amines) is 1. The first-order valence-electron chi connectivity index (χ1n) is 7.61. The molecule has 1 aromatic rings. The van der Waals surface area contributed by atoms with Gasteiger partial charge in [0, 0.05) is 44.4 Å². The van der Waals surface area contributed by atoms with Gasteiger partial charge >= 0.3 is 6.03 Å². The molecule has 2 N–H and O–H groups in total. The first kappa shape index (κ1) is 16.5. The number of amides is 2. The minimum Gasteiger partial charge on any atom is -0.396 e. The van der Waals surface area contributed by atoms with Gasteiger partial charge in [0.2, 0.25) is 0 Å². The van der Waals surface area contributed by atoms with E-state index in [0.717, 1.165) is 6.42 Å². The summed E-state index contributed by atoms with van der Waals surface area (Å²) < 4.78 is 14.2. The molecule has 1 atom stereocenters. The molecule has 0 spiro atoms. The number of carbonyl (C=O) groups excluding carboxylic acids is 1.